The number of rotatable bonds is 11. The van der Waals surface area contributed by atoms with Crippen LogP contribution in [-0.2, 0) is 0 Å². The molecule has 1 aliphatic heterocycles. The van der Waals surface area contributed by atoms with Gasteiger partial charge in [-0.05, 0) is 71.3 Å². The lowest BCUT2D eigenvalue weighted by Gasteiger charge is -2.42. The Kier molecular flexibility index (Phi) is 10.4. The van der Waals surface area contributed by atoms with Gasteiger partial charge < -0.3 is 0 Å². The van der Waals surface area contributed by atoms with Gasteiger partial charge in [0.1, 0.15) is 0 Å². The van der Waals surface area contributed by atoms with Gasteiger partial charge in [0.15, 0.2) is 0 Å². The van der Waals surface area contributed by atoms with Crippen LogP contribution in [0.1, 0.15) is 55.1 Å². The van der Waals surface area contributed by atoms with Crippen LogP contribution in [0.3, 0.4) is 0 Å². The van der Waals surface area contributed by atoms with Crippen LogP contribution >= 0.6 is 16.1 Å². The van der Waals surface area contributed by atoms with E-state index in [1.54, 1.807) is 0 Å². The maximum absolute atomic E-state index is 3.03. The van der Waals surface area contributed by atoms with Crippen LogP contribution in [0.2, 0.25) is 0 Å². The molecule has 1 saturated heterocycles. The number of benzene rings is 6. The van der Waals surface area contributed by atoms with Gasteiger partial charge in [0.2, 0.25) is 0 Å². The molecule has 0 saturated carbocycles. The summed E-state index contributed by atoms with van der Waals surface area (Å²) >= 11 is 0. The van der Waals surface area contributed by atoms with E-state index in [4.69, 9.17) is 0 Å². The molecule has 234 valence electrons. The van der Waals surface area contributed by atoms with E-state index in [1.165, 1.54) is 69.7 Å². The fraction of sp³-hybridized carbons (Fsp3) is 0.182. The molecular formula is C44H43NP2. The van der Waals surface area contributed by atoms with Gasteiger partial charge in [0, 0.05) is 25.9 Å². The Morgan fingerprint density at radius 3 is 1.23 bits per heavy atom. The van der Waals surface area contributed by atoms with Crippen molar-refractivity contribution in [1.82, 2.24) is 4.44 Å². The highest BCUT2D eigenvalue weighted by atomic mass is 31.2. The normalized spacial score (nSPS) is 16.6. The first-order valence-corrected chi connectivity index (χ1v) is 19.8. The predicted molar refractivity (Wildman–Crippen MR) is 206 cm³/mol. The molecule has 47 heavy (non-hydrogen) atoms. The Labute approximate surface area is 284 Å². The topological polar surface area (TPSA) is 3.24 Å². The number of hydrogen-bond acceptors (Lipinski definition) is 1. The molecule has 0 aromatic heterocycles. The molecule has 2 atom stereocenters. The molecule has 0 N–H and O–H groups in total. The number of hydrogen-bond donors (Lipinski definition) is 0. The number of nitrogens with zero attached hydrogens (tertiary/aromatic N) is 1. The average Bonchev–Trinajstić information content (AvgIpc) is 3.60. The molecule has 1 fully saturated rings. The number of unbranched alkanes of at least 4 members (excludes halogenated alkanes) is 1. The average molecular weight is 648 g/mol. The zero-order valence-electron chi connectivity index (χ0n) is 27.2. The van der Waals surface area contributed by atoms with E-state index in [1.807, 2.05) is 0 Å². The molecule has 0 spiro atoms. The minimum Gasteiger partial charge on any atom is -0.251 e. The molecule has 0 aliphatic carbocycles. The lowest BCUT2D eigenvalue weighted by Crippen LogP contribution is -2.28. The minimum absolute atomic E-state index is 0.527. The monoisotopic (exact) mass is 647 g/mol. The Bertz CT molecular complexity index is 1680. The van der Waals surface area contributed by atoms with E-state index < -0.39 is 16.1 Å². The first kappa shape index (κ1) is 31.7. The minimum atomic E-state index is -0.771. The molecule has 0 radical (unpaired) electrons. The van der Waals surface area contributed by atoms with Gasteiger partial charge in [0.05, 0.1) is 0 Å². The smallest absolute Gasteiger partial charge is 0.0318 e. The van der Waals surface area contributed by atoms with Crippen molar-refractivity contribution in [1.29, 1.82) is 0 Å². The van der Waals surface area contributed by atoms with Gasteiger partial charge >= 0.3 is 0 Å². The maximum Gasteiger partial charge on any atom is 0.0318 e. The van der Waals surface area contributed by atoms with Crippen molar-refractivity contribution in [3.05, 3.63) is 181 Å². The highest BCUT2D eigenvalue weighted by Crippen LogP contribution is 2.76. The van der Waals surface area contributed by atoms with E-state index >= 15 is 0 Å². The van der Waals surface area contributed by atoms with Crippen LogP contribution in [0.4, 0.5) is 0 Å². The zero-order valence-corrected chi connectivity index (χ0v) is 29.0. The Hall–Kier alpha value is -3.86. The van der Waals surface area contributed by atoms with Gasteiger partial charge in [-0.1, -0.05) is 183 Å². The summed E-state index contributed by atoms with van der Waals surface area (Å²) in [6.07, 6.45) is 4.86. The summed E-state index contributed by atoms with van der Waals surface area (Å²) in [4.78, 5) is 0. The highest BCUT2D eigenvalue weighted by Gasteiger charge is 2.44. The van der Waals surface area contributed by atoms with E-state index in [2.05, 4.69) is 181 Å². The van der Waals surface area contributed by atoms with Gasteiger partial charge in [0.25, 0.3) is 0 Å². The van der Waals surface area contributed by atoms with Crippen molar-refractivity contribution in [2.45, 2.75) is 43.9 Å². The Balaban J connectivity index is 1.36. The molecule has 0 unspecified atom stereocenters. The van der Waals surface area contributed by atoms with Gasteiger partial charge in [-0.3, -0.25) is 4.44 Å². The molecule has 0 amide bonds. The molecule has 1 nitrogen and oxygen atoms in total. The Morgan fingerprint density at radius 2 is 0.851 bits per heavy atom. The molecule has 3 heteroatoms. The van der Waals surface area contributed by atoms with Crippen molar-refractivity contribution in [2.75, 3.05) is 6.54 Å². The van der Waals surface area contributed by atoms with Crippen LogP contribution in [0, 0.1) is 0 Å². The summed E-state index contributed by atoms with van der Waals surface area (Å²) in [5, 5.41) is 2.88. The zero-order chi connectivity index (χ0) is 31.8. The molecule has 7 rings (SSSR count). The fourth-order valence-electron chi connectivity index (χ4n) is 6.99. The van der Waals surface area contributed by atoms with E-state index in [0.29, 0.717) is 11.3 Å². The van der Waals surface area contributed by atoms with Gasteiger partial charge in [-0.25, -0.2) is 0 Å². The predicted octanol–water partition coefficient (Wildman–Crippen LogP) is 12.1. The third-order valence-corrected chi connectivity index (χ3v) is 15.9. The molecule has 6 aromatic carbocycles. The highest BCUT2D eigenvalue weighted by molar-refractivity contribution is 7.79. The first-order chi connectivity index (χ1) is 23.3. The second kappa shape index (κ2) is 15.4. The summed E-state index contributed by atoms with van der Waals surface area (Å²) in [6.45, 7) is 3.45. The summed E-state index contributed by atoms with van der Waals surface area (Å²) in [5.41, 5.74) is 9.20. The van der Waals surface area contributed by atoms with E-state index in [-0.39, 0.29) is 0 Å². The van der Waals surface area contributed by atoms with Crippen LogP contribution in [0.5, 0.6) is 0 Å². The van der Waals surface area contributed by atoms with Crippen molar-refractivity contribution < 1.29 is 0 Å². The third-order valence-electron chi connectivity index (χ3n) is 9.37. The standard InChI is InChI=1S/C44H43NP2/c1-2-3-34-45(47-43(39-20-12-6-13-21-39)32-33-44(47)40-22-14-7-15-23-40)46(41-28-24-37(25-29-41)35-16-8-4-9-17-35)42-30-26-38(27-31-42)36-18-10-5-11-19-36/h4-31,43-44H,2-3,32-34H2,1H3/t43-,44-/m0/s1. The van der Waals surface area contributed by atoms with Crippen LogP contribution in [-0.4, -0.2) is 11.0 Å². The lowest BCUT2D eigenvalue weighted by molar-refractivity contribution is 0.632. The summed E-state index contributed by atoms with van der Waals surface area (Å²) in [6, 6.07) is 63.5. The van der Waals surface area contributed by atoms with Crippen LogP contribution in [0.25, 0.3) is 22.3 Å². The van der Waals surface area contributed by atoms with Crippen molar-refractivity contribution in [3.63, 3.8) is 0 Å². The van der Waals surface area contributed by atoms with Crippen molar-refractivity contribution in [3.8, 4) is 22.3 Å². The molecule has 1 aliphatic rings. The Morgan fingerprint density at radius 1 is 0.489 bits per heavy atom. The lowest BCUT2D eigenvalue weighted by atomic mass is 10.0. The molecule has 6 aromatic rings. The maximum atomic E-state index is 3.03. The SMILES string of the molecule is CCCCN(P(c1ccc(-c2ccccc2)cc1)c1ccc(-c2ccccc2)cc1)P1[C@H](c2ccccc2)CC[C@H]1c1ccccc1. The third kappa shape index (κ3) is 7.20. The van der Waals surface area contributed by atoms with Crippen molar-refractivity contribution >= 4 is 26.8 Å². The van der Waals surface area contributed by atoms with Crippen LogP contribution < -0.4 is 10.6 Å². The second-order valence-corrected chi connectivity index (χ2v) is 17.3. The van der Waals surface area contributed by atoms with Crippen molar-refractivity contribution in [2.24, 2.45) is 0 Å². The molecule has 0 bridgehead atoms. The fourth-order valence-corrected chi connectivity index (χ4v) is 14.5. The summed E-state index contributed by atoms with van der Waals surface area (Å²) in [7, 11) is -1.30. The van der Waals surface area contributed by atoms with Gasteiger partial charge in [-0.2, -0.15) is 0 Å². The second-order valence-electron chi connectivity index (χ2n) is 12.4. The summed E-state index contributed by atoms with van der Waals surface area (Å²) in [5.74, 6) is 0. The van der Waals surface area contributed by atoms with E-state index in [0.717, 1.165) is 6.54 Å². The van der Waals surface area contributed by atoms with Crippen LogP contribution in [0.15, 0.2) is 170 Å². The molecular weight excluding hydrogens is 604 g/mol. The largest absolute Gasteiger partial charge is 0.251 e. The van der Waals surface area contributed by atoms with Gasteiger partial charge in [-0.15, -0.1) is 0 Å². The first-order valence-electron chi connectivity index (χ1n) is 17.1. The van der Waals surface area contributed by atoms with E-state index in [9.17, 15) is 0 Å². The quantitative estimate of drug-likeness (QED) is 0.127. The summed E-state index contributed by atoms with van der Waals surface area (Å²) < 4.78 is 3.03. The molecule has 1 heterocycles.